The Bertz CT molecular complexity index is 635. The molecule has 21 heavy (non-hydrogen) atoms. The Morgan fingerprint density at radius 3 is 2.90 bits per heavy atom. The Labute approximate surface area is 127 Å². The monoisotopic (exact) mass is 305 g/mol. The molecule has 110 valence electrons. The van der Waals surface area contributed by atoms with Crippen molar-refractivity contribution in [3.63, 3.8) is 0 Å². The lowest BCUT2D eigenvalue weighted by Crippen LogP contribution is -2.32. The highest BCUT2D eigenvalue weighted by Crippen LogP contribution is 2.18. The molecule has 0 unspecified atom stereocenters. The Hall–Kier alpha value is -1.88. The van der Waals surface area contributed by atoms with E-state index in [4.69, 9.17) is 16.0 Å². The van der Waals surface area contributed by atoms with Gasteiger partial charge in [0.15, 0.2) is 0 Å². The summed E-state index contributed by atoms with van der Waals surface area (Å²) in [5.74, 6) is 0.152. The minimum absolute atomic E-state index is 0.0268. The molecule has 1 aliphatic carbocycles. The summed E-state index contributed by atoms with van der Waals surface area (Å²) in [6.07, 6.45) is 4.83. The molecule has 0 atom stereocenters. The van der Waals surface area contributed by atoms with Gasteiger partial charge in [0.05, 0.1) is 6.42 Å². The first-order chi connectivity index (χ1) is 10.2. The fraction of sp³-hybridized carbons (Fsp3) is 0.400. The zero-order valence-corrected chi connectivity index (χ0v) is 12.3. The lowest BCUT2D eigenvalue weighted by Gasteiger charge is -2.08. The molecule has 1 aromatic carbocycles. The molecule has 1 N–H and O–H groups in total. The van der Waals surface area contributed by atoms with Crippen LogP contribution in [0.15, 0.2) is 28.7 Å². The van der Waals surface area contributed by atoms with Crippen LogP contribution >= 0.6 is 11.6 Å². The largest absolute Gasteiger partial charge is 0.417 e. The summed E-state index contributed by atoms with van der Waals surface area (Å²) < 4.78 is 5.42. The minimum Gasteiger partial charge on any atom is -0.417 e. The second-order valence-corrected chi connectivity index (χ2v) is 5.70. The average molecular weight is 306 g/mol. The molecule has 3 rings (SSSR count). The molecule has 6 heteroatoms. The van der Waals surface area contributed by atoms with E-state index in [1.54, 1.807) is 6.07 Å². The van der Waals surface area contributed by atoms with Gasteiger partial charge in [-0.1, -0.05) is 36.6 Å². The summed E-state index contributed by atoms with van der Waals surface area (Å²) in [4.78, 5) is 12.0. The van der Waals surface area contributed by atoms with Crippen molar-refractivity contribution in [2.75, 3.05) is 0 Å². The van der Waals surface area contributed by atoms with Crippen LogP contribution in [0.3, 0.4) is 0 Å². The molecule has 1 amide bonds. The molecular weight excluding hydrogens is 290 g/mol. The van der Waals surface area contributed by atoms with E-state index >= 15 is 0 Å². The zero-order chi connectivity index (χ0) is 14.7. The predicted octanol–water partition coefficient (Wildman–Crippen LogP) is 2.99. The molecule has 1 fully saturated rings. The van der Waals surface area contributed by atoms with E-state index in [0.29, 0.717) is 17.3 Å². The smallest absolute Gasteiger partial charge is 0.309 e. The third kappa shape index (κ3) is 3.61. The summed E-state index contributed by atoms with van der Waals surface area (Å²) in [5, 5.41) is 11.3. The number of carbonyl (C=O) groups excluding carboxylic acids is 1. The van der Waals surface area contributed by atoms with Gasteiger partial charge in [0.25, 0.3) is 0 Å². The Kier molecular flexibility index (Phi) is 4.20. The molecule has 0 bridgehead atoms. The normalized spacial score (nSPS) is 15.3. The fourth-order valence-electron chi connectivity index (χ4n) is 2.56. The molecule has 2 aromatic rings. The number of aromatic nitrogens is 2. The van der Waals surface area contributed by atoms with E-state index in [1.807, 2.05) is 18.2 Å². The number of halogens is 1. The first-order valence-corrected chi connectivity index (χ1v) is 7.46. The zero-order valence-electron chi connectivity index (χ0n) is 11.5. The van der Waals surface area contributed by atoms with Crippen molar-refractivity contribution in [2.45, 2.75) is 38.1 Å². The number of hydrogen-bond acceptors (Lipinski definition) is 4. The van der Waals surface area contributed by atoms with Crippen LogP contribution in [-0.2, 0) is 6.42 Å². The second-order valence-electron chi connectivity index (χ2n) is 5.26. The number of hydrogen-bond donors (Lipinski definition) is 1. The molecular formula is C15H16ClN3O2. The molecule has 0 aliphatic heterocycles. The topological polar surface area (TPSA) is 68.0 Å². The molecule has 1 saturated carbocycles. The van der Waals surface area contributed by atoms with E-state index in [-0.39, 0.29) is 17.8 Å². The highest BCUT2D eigenvalue weighted by molar-refractivity contribution is 6.30. The van der Waals surface area contributed by atoms with Gasteiger partial charge in [0.1, 0.15) is 0 Å². The molecule has 5 nitrogen and oxygen atoms in total. The van der Waals surface area contributed by atoms with Gasteiger partial charge >= 0.3 is 11.8 Å². The van der Waals surface area contributed by atoms with Crippen molar-refractivity contribution in [2.24, 2.45) is 0 Å². The summed E-state index contributed by atoms with van der Waals surface area (Å²) in [5.41, 5.74) is 0.967. The van der Waals surface area contributed by atoms with Crippen molar-refractivity contribution in [1.29, 1.82) is 0 Å². The number of amides is 1. The quantitative estimate of drug-likeness (QED) is 0.943. The van der Waals surface area contributed by atoms with Gasteiger partial charge in [-0.05, 0) is 30.5 Å². The SMILES string of the molecule is O=C(NC1CCCC1)c1nnc(Cc2cccc(Cl)c2)o1. The molecule has 1 aliphatic rings. The highest BCUT2D eigenvalue weighted by Gasteiger charge is 2.21. The maximum absolute atomic E-state index is 12.0. The van der Waals surface area contributed by atoms with Crippen LogP contribution in [0.2, 0.25) is 5.02 Å². The van der Waals surface area contributed by atoms with Crippen molar-refractivity contribution < 1.29 is 9.21 Å². The van der Waals surface area contributed by atoms with Crippen LogP contribution in [0.4, 0.5) is 0 Å². The summed E-state index contributed by atoms with van der Waals surface area (Å²) in [6, 6.07) is 7.67. The van der Waals surface area contributed by atoms with Crippen LogP contribution in [0.5, 0.6) is 0 Å². The van der Waals surface area contributed by atoms with E-state index in [1.165, 1.54) is 0 Å². The molecule has 0 spiro atoms. The van der Waals surface area contributed by atoms with Crippen LogP contribution in [0.1, 0.15) is 47.8 Å². The molecule has 0 saturated heterocycles. The lowest BCUT2D eigenvalue weighted by atomic mass is 10.1. The predicted molar refractivity (Wildman–Crippen MR) is 78.3 cm³/mol. The van der Waals surface area contributed by atoms with Gasteiger partial charge in [0.2, 0.25) is 5.89 Å². The minimum atomic E-state index is -0.285. The van der Waals surface area contributed by atoms with Gasteiger partial charge in [-0.15, -0.1) is 10.2 Å². The average Bonchev–Trinajstić information content (AvgIpc) is 3.10. The van der Waals surface area contributed by atoms with Crippen molar-refractivity contribution in [3.8, 4) is 0 Å². The highest BCUT2D eigenvalue weighted by atomic mass is 35.5. The summed E-state index contributed by atoms with van der Waals surface area (Å²) in [6.45, 7) is 0. The van der Waals surface area contributed by atoms with Crippen molar-refractivity contribution >= 4 is 17.5 Å². The van der Waals surface area contributed by atoms with Crippen molar-refractivity contribution in [3.05, 3.63) is 46.6 Å². The van der Waals surface area contributed by atoms with Crippen LogP contribution < -0.4 is 5.32 Å². The van der Waals surface area contributed by atoms with Gasteiger partial charge in [-0.25, -0.2) is 0 Å². The van der Waals surface area contributed by atoms with Crippen molar-refractivity contribution in [1.82, 2.24) is 15.5 Å². The number of benzene rings is 1. The molecule has 1 aromatic heterocycles. The van der Waals surface area contributed by atoms with E-state index in [9.17, 15) is 4.79 Å². The number of nitrogens with zero attached hydrogens (tertiary/aromatic N) is 2. The molecule has 1 heterocycles. The molecule has 0 radical (unpaired) electrons. The lowest BCUT2D eigenvalue weighted by molar-refractivity contribution is 0.0901. The third-order valence-electron chi connectivity index (χ3n) is 3.60. The fourth-order valence-corrected chi connectivity index (χ4v) is 2.77. The number of carbonyl (C=O) groups is 1. The second kappa shape index (κ2) is 6.26. The Morgan fingerprint density at radius 1 is 1.33 bits per heavy atom. The van der Waals surface area contributed by atoms with E-state index in [0.717, 1.165) is 31.2 Å². The first-order valence-electron chi connectivity index (χ1n) is 7.08. The van der Waals surface area contributed by atoms with Crippen LogP contribution in [0, 0.1) is 0 Å². The van der Waals surface area contributed by atoms with Gasteiger partial charge in [0, 0.05) is 11.1 Å². The van der Waals surface area contributed by atoms with Gasteiger partial charge in [-0.2, -0.15) is 0 Å². The van der Waals surface area contributed by atoms with E-state index < -0.39 is 0 Å². The Morgan fingerprint density at radius 2 is 2.14 bits per heavy atom. The summed E-state index contributed by atoms with van der Waals surface area (Å²) >= 11 is 5.93. The van der Waals surface area contributed by atoms with E-state index in [2.05, 4.69) is 15.5 Å². The standard InChI is InChI=1S/C15H16ClN3O2/c16-11-5-3-4-10(8-11)9-13-18-19-15(21-13)14(20)17-12-6-1-2-7-12/h3-5,8,12H,1-2,6-7,9H2,(H,17,20). The van der Waals surface area contributed by atoms with Gasteiger partial charge in [-0.3, -0.25) is 4.79 Å². The number of rotatable bonds is 4. The van der Waals surface area contributed by atoms with Gasteiger partial charge < -0.3 is 9.73 Å². The summed E-state index contributed by atoms with van der Waals surface area (Å²) in [7, 11) is 0. The first kappa shape index (κ1) is 14.1. The Balaban J connectivity index is 1.64. The number of nitrogens with one attached hydrogen (secondary N) is 1. The third-order valence-corrected chi connectivity index (χ3v) is 3.83. The van der Waals surface area contributed by atoms with Crippen LogP contribution in [0.25, 0.3) is 0 Å². The maximum Gasteiger partial charge on any atom is 0.309 e. The maximum atomic E-state index is 12.0. The van der Waals surface area contributed by atoms with Crippen LogP contribution in [-0.4, -0.2) is 22.1 Å².